The number of carbonyl (C=O) groups is 1. The summed E-state index contributed by atoms with van der Waals surface area (Å²) in [6, 6.07) is 17.9. The monoisotopic (exact) mass is 333 g/mol. The fourth-order valence-electron chi connectivity index (χ4n) is 4.18. The summed E-state index contributed by atoms with van der Waals surface area (Å²) in [6.07, 6.45) is 3.67. The third kappa shape index (κ3) is 2.37. The number of benzene rings is 2. The molecule has 0 spiro atoms. The van der Waals surface area contributed by atoms with Crippen molar-refractivity contribution in [3.63, 3.8) is 0 Å². The highest BCUT2D eigenvalue weighted by Crippen LogP contribution is 2.72. The Bertz CT molecular complexity index is 889. The molecule has 1 N–H and O–H groups in total. The topological polar surface area (TPSA) is 63.3 Å². The SMILES string of the molecule is CC[C@@]1(C(=O)O)[C@@H](c2ccccc2)[C@@H]1c1cccc(-c2cnco2)c1. The van der Waals surface area contributed by atoms with E-state index in [-0.39, 0.29) is 11.8 Å². The number of carboxylic acids is 1. The van der Waals surface area contributed by atoms with Crippen LogP contribution in [0.3, 0.4) is 0 Å². The van der Waals surface area contributed by atoms with Crippen molar-refractivity contribution in [3.8, 4) is 11.3 Å². The van der Waals surface area contributed by atoms with Gasteiger partial charge in [0.25, 0.3) is 0 Å². The molecule has 0 saturated heterocycles. The molecule has 1 aromatic heterocycles. The number of aliphatic carboxylic acids is 1. The smallest absolute Gasteiger partial charge is 0.310 e. The number of rotatable bonds is 5. The molecule has 0 radical (unpaired) electrons. The van der Waals surface area contributed by atoms with Gasteiger partial charge in [0.2, 0.25) is 0 Å². The third-order valence-corrected chi connectivity index (χ3v) is 5.44. The van der Waals surface area contributed by atoms with Crippen LogP contribution in [0.2, 0.25) is 0 Å². The number of carboxylic acid groups (broad SMARTS) is 1. The quantitative estimate of drug-likeness (QED) is 0.735. The van der Waals surface area contributed by atoms with Crippen LogP contribution in [0.1, 0.15) is 36.3 Å². The molecule has 1 fully saturated rings. The van der Waals surface area contributed by atoms with Crippen molar-refractivity contribution in [2.75, 3.05) is 0 Å². The van der Waals surface area contributed by atoms with E-state index in [1.54, 1.807) is 6.20 Å². The Morgan fingerprint density at radius 3 is 2.48 bits per heavy atom. The molecule has 25 heavy (non-hydrogen) atoms. The maximum Gasteiger partial charge on any atom is 0.310 e. The average Bonchev–Trinajstić information content (AvgIpc) is 3.03. The molecule has 1 aliphatic carbocycles. The Labute approximate surface area is 146 Å². The van der Waals surface area contributed by atoms with Crippen LogP contribution < -0.4 is 0 Å². The van der Waals surface area contributed by atoms with Crippen LogP contribution in [0.25, 0.3) is 11.3 Å². The van der Waals surface area contributed by atoms with E-state index >= 15 is 0 Å². The molecule has 1 heterocycles. The summed E-state index contributed by atoms with van der Waals surface area (Å²) in [7, 11) is 0. The van der Waals surface area contributed by atoms with Crippen molar-refractivity contribution in [1.29, 1.82) is 0 Å². The van der Waals surface area contributed by atoms with Crippen LogP contribution in [0.5, 0.6) is 0 Å². The first kappa shape index (κ1) is 15.6. The molecular weight excluding hydrogens is 314 g/mol. The lowest BCUT2D eigenvalue weighted by atomic mass is 9.94. The summed E-state index contributed by atoms with van der Waals surface area (Å²) >= 11 is 0. The van der Waals surface area contributed by atoms with Crippen molar-refractivity contribution in [2.24, 2.45) is 5.41 Å². The van der Waals surface area contributed by atoms with Gasteiger partial charge >= 0.3 is 5.97 Å². The minimum absolute atomic E-state index is 0.0128. The van der Waals surface area contributed by atoms with Crippen LogP contribution in [-0.4, -0.2) is 16.1 Å². The minimum Gasteiger partial charge on any atom is -0.481 e. The largest absolute Gasteiger partial charge is 0.481 e. The Kier molecular flexibility index (Phi) is 3.68. The van der Waals surface area contributed by atoms with Gasteiger partial charge in [0.05, 0.1) is 11.6 Å². The zero-order valence-electron chi connectivity index (χ0n) is 13.9. The average molecular weight is 333 g/mol. The molecule has 4 nitrogen and oxygen atoms in total. The third-order valence-electron chi connectivity index (χ3n) is 5.44. The zero-order valence-corrected chi connectivity index (χ0v) is 13.9. The first-order chi connectivity index (χ1) is 12.2. The molecule has 2 aromatic carbocycles. The standard InChI is InChI=1S/C21H19NO3/c1-2-21(20(23)24)18(14-7-4-3-5-8-14)19(21)16-10-6-9-15(11-16)17-12-22-13-25-17/h3-13,18-19H,2H2,1H3,(H,23,24)/t18-,19-,21+/m0/s1. The Morgan fingerprint density at radius 2 is 1.84 bits per heavy atom. The van der Waals surface area contributed by atoms with E-state index in [9.17, 15) is 9.90 Å². The second-order valence-corrected chi connectivity index (χ2v) is 6.56. The van der Waals surface area contributed by atoms with Gasteiger partial charge in [-0.25, -0.2) is 4.98 Å². The second-order valence-electron chi connectivity index (χ2n) is 6.56. The molecule has 0 aliphatic heterocycles. The Morgan fingerprint density at radius 1 is 1.12 bits per heavy atom. The molecule has 0 unspecified atom stereocenters. The van der Waals surface area contributed by atoms with Crippen LogP contribution in [0.4, 0.5) is 0 Å². The summed E-state index contributed by atoms with van der Waals surface area (Å²) in [5, 5.41) is 9.99. The highest BCUT2D eigenvalue weighted by Gasteiger charge is 2.69. The first-order valence-corrected chi connectivity index (χ1v) is 8.45. The van der Waals surface area contributed by atoms with Gasteiger partial charge < -0.3 is 9.52 Å². The van der Waals surface area contributed by atoms with Gasteiger partial charge in [-0.05, 0) is 23.6 Å². The summed E-state index contributed by atoms with van der Waals surface area (Å²) in [5.41, 5.74) is 2.29. The van der Waals surface area contributed by atoms with E-state index in [2.05, 4.69) is 4.98 Å². The summed E-state index contributed by atoms with van der Waals surface area (Å²) < 4.78 is 5.38. The Hall–Kier alpha value is -2.88. The van der Waals surface area contributed by atoms with Crippen molar-refractivity contribution in [1.82, 2.24) is 4.98 Å². The molecule has 1 aliphatic rings. The van der Waals surface area contributed by atoms with Crippen LogP contribution in [-0.2, 0) is 4.79 Å². The Balaban J connectivity index is 1.78. The van der Waals surface area contributed by atoms with Gasteiger partial charge in [-0.3, -0.25) is 4.79 Å². The predicted molar refractivity (Wildman–Crippen MR) is 94.2 cm³/mol. The summed E-state index contributed by atoms with van der Waals surface area (Å²) in [6.45, 7) is 1.96. The van der Waals surface area contributed by atoms with E-state index < -0.39 is 11.4 Å². The molecule has 3 aromatic rings. The van der Waals surface area contributed by atoms with E-state index in [0.29, 0.717) is 12.2 Å². The van der Waals surface area contributed by atoms with Crippen molar-refractivity contribution < 1.29 is 14.3 Å². The fourth-order valence-corrected chi connectivity index (χ4v) is 4.18. The molecule has 4 rings (SSSR count). The van der Waals surface area contributed by atoms with Crippen LogP contribution >= 0.6 is 0 Å². The highest BCUT2D eigenvalue weighted by atomic mass is 16.4. The van der Waals surface area contributed by atoms with E-state index in [1.165, 1.54) is 6.39 Å². The van der Waals surface area contributed by atoms with Gasteiger partial charge in [-0.15, -0.1) is 0 Å². The fraction of sp³-hybridized carbons (Fsp3) is 0.238. The predicted octanol–water partition coefficient (Wildman–Crippen LogP) is 4.70. The number of nitrogens with zero attached hydrogens (tertiary/aromatic N) is 1. The summed E-state index contributed by atoms with van der Waals surface area (Å²) in [4.78, 5) is 16.1. The molecule has 1 saturated carbocycles. The number of hydrogen-bond donors (Lipinski definition) is 1. The van der Waals surface area contributed by atoms with E-state index in [1.807, 2.05) is 61.5 Å². The molecular formula is C21H19NO3. The van der Waals surface area contributed by atoms with Crippen LogP contribution in [0, 0.1) is 5.41 Å². The summed E-state index contributed by atoms with van der Waals surface area (Å²) in [5.74, 6) is -0.0865. The zero-order chi connectivity index (χ0) is 17.4. The van der Waals surface area contributed by atoms with E-state index in [4.69, 9.17) is 4.42 Å². The number of hydrogen-bond acceptors (Lipinski definition) is 3. The van der Waals surface area contributed by atoms with Gasteiger partial charge in [-0.2, -0.15) is 0 Å². The molecule has 126 valence electrons. The lowest BCUT2D eigenvalue weighted by Gasteiger charge is -2.10. The van der Waals surface area contributed by atoms with Gasteiger partial charge in [-0.1, -0.05) is 55.5 Å². The van der Waals surface area contributed by atoms with Crippen molar-refractivity contribution in [3.05, 3.63) is 78.3 Å². The highest BCUT2D eigenvalue weighted by molar-refractivity contribution is 5.84. The normalized spacial score (nSPS) is 24.8. The lowest BCUT2D eigenvalue weighted by Crippen LogP contribution is -2.17. The van der Waals surface area contributed by atoms with Gasteiger partial charge in [0.1, 0.15) is 0 Å². The lowest BCUT2D eigenvalue weighted by molar-refractivity contribution is -0.143. The van der Waals surface area contributed by atoms with Crippen molar-refractivity contribution >= 4 is 5.97 Å². The number of oxazole rings is 1. The first-order valence-electron chi connectivity index (χ1n) is 8.45. The van der Waals surface area contributed by atoms with Crippen molar-refractivity contribution in [2.45, 2.75) is 25.2 Å². The minimum atomic E-state index is -0.749. The molecule has 4 heteroatoms. The molecule has 0 bridgehead atoms. The maximum absolute atomic E-state index is 12.2. The number of aromatic nitrogens is 1. The second kappa shape index (κ2) is 5.88. The maximum atomic E-state index is 12.2. The van der Waals surface area contributed by atoms with Gasteiger partial charge in [0.15, 0.2) is 12.2 Å². The molecule has 3 atom stereocenters. The van der Waals surface area contributed by atoms with Crippen LogP contribution in [0.15, 0.2) is 71.6 Å². The molecule has 0 amide bonds. The van der Waals surface area contributed by atoms with Gasteiger partial charge in [0, 0.05) is 17.4 Å². The van der Waals surface area contributed by atoms with E-state index in [0.717, 1.165) is 16.7 Å².